The van der Waals surface area contributed by atoms with Gasteiger partial charge in [-0.3, -0.25) is 0 Å². The highest BCUT2D eigenvalue weighted by molar-refractivity contribution is 7.14. The molecule has 5 heteroatoms. The lowest BCUT2D eigenvalue weighted by molar-refractivity contribution is 0.409. The van der Waals surface area contributed by atoms with Crippen LogP contribution in [-0.4, -0.2) is 16.5 Å². The highest BCUT2D eigenvalue weighted by Gasteiger charge is 2.13. The molecule has 0 bridgehead atoms. The third-order valence-electron chi connectivity index (χ3n) is 3.13. The van der Waals surface area contributed by atoms with Gasteiger partial charge in [0, 0.05) is 17.4 Å². The van der Waals surface area contributed by atoms with Crippen LogP contribution >= 0.6 is 22.9 Å². The smallest absolute Gasteiger partial charge is 0.106 e. The quantitative estimate of drug-likeness (QED) is 0.848. The van der Waals surface area contributed by atoms with Gasteiger partial charge in [-0.25, -0.2) is 4.98 Å². The molecule has 0 fully saturated rings. The Bertz CT molecular complexity index is 518. The van der Waals surface area contributed by atoms with Gasteiger partial charge in [-0.2, -0.15) is 0 Å². The van der Waals surface area contributed by atoms with Crippen molar-refractivity contribution >= 4 is 22.9 Å². The van der Waals surface area contributed by atoms with E-state index in [9.17, 15) is 0 Å². The minimum absolute atomic E-state index is 0.491. The normalized spacial score (nSPS) is 13.1. The van der Waals surface area contributed by atoms with Gasteiger partial charge in [0.2, 0.25) is 0 Å². The minimum atomic E-state index is 0.491. The Morgan fingerprint density at radius 1 is 1.47 bits per heavy atom. The molecule has 0 amide bonds. The molecule has 0 aliphatic carbocycles. The van der Waals surface area contributed by atoms with Crippen molar-refractivity contribution in [2.75, 3.05) is 6.54 Å². The van der Waals surface area contributed by atoms with Crippen molar-refractivity contribution in [2.45, 2.75) is 26.7 Å². The Morgan fingerprint density at radius 3 is 2.84 bits per heavy atom. The predicted molar refractivity (Wildman–Crippen MR) is 82.6 cm³/mol. The molecule has 2 aromatic heterocycles. The molecule has 2 heterocycles. The first-order valence-electron chi connectivity index (χ1n) is 6.56. The van der Waals surface area contributed by atoms with E-state index in [4.69, 9.17) is 17.3 Å². The molecule has 0 saturated carbocycles. The molecular formula is C14H20ClN3S. The van der Waals surface area contributed by atoms with E-state index in [1.165, 1.54) is 11.3 Å². The number of nitrogens with zero attached hydrogens (tertiary/aromatic N) is 1. The van der Waals surface area contributed by atoms with Crippen LogP contribution in [-0.2, 0) is 6.42 Å². The molecule has 1 atom stereocenters. The predicted octanol–water partition coefficient (Wildman–Crippen LogP) is 3.96. The lowest BCUT2D eigenvalue weighted by atomic mass is 9.94. The van der Waals surface area contributed by atoms with Crippen LogP contribution in [0, 0.1) is 11.8 Å². The fourth-order valence-corrected chi connectivity index (χ4v) is 3.15. The van der Waals surface area contributed by atoms with Gasteiger partial charge in [0.25, 0.3) is 0 Å². The van der Waals surface area contributed by atoms with E-state index < -0.39 is 0 Å². The molecule has 104 valence electrons. The summed E-state index contributed by atoms with van der Waals surface area (Å²) in [7, 11) is 0. The average Bonchev–Trinajstić information content (AvgIpc) is 2.96. The topological polar surface area (TPSA) is 54.7 Å². The van der Waals surface area contributed by atoms with Gasteiger partial charge in [0.05, 0.1) is 16.2 Å². The monoisotopic (exact) mass is 297 g/mol. The first-order chi connectivity index (χ1) is 9.08. The molecule has 0 aliphatic heterocycles. The first-order valence-corrected chi connectivity index (χ1v) is 7.82. The second-order valence-electron chi connectivity index (χ2n) is 5.32. The summed E-state index contributed by atoms with van der Waals surface area (Å²) in [5.74, 6) is 2.16. The number of aromatic amines is 1. The number of H-pyrrole nitrogens is 1. The van der Waals surface area contributed by atoms with Gasteiger partial charge in [-0.15, -0.1) is 11.3 Å². The molecule has 0 saturated heterocycles. The number of halogens is 1. The second-order valence-corrected chi connectivity index (χ2v) is 6.86. The Kier molecular flexibility index (Phi) is 5.02. The minimum Gasteiger partial charge on any atom is -0.342 e. The Balaban J connectivity index is 2.04. The third kappa shape index (κ3) is 4.06. The van der Waals surface area contributed by atoms with Gasteiger partial charge < -0.3 is 10.7 Å². The molecule has 0 aliphatic rings. The van der Waals surface area contributed by atoms with Crippen LogP contribution in [0.25, 0.3) is 11.3 Å². The van der Waals surface area contributed by atoms with Crippen molar-refractivity contribution in [1.82, 2.24) is 9.97 Å². The summed E-state index contributed by atoms with van der Waals surface area (Å²) < 4.78 is 0.797. The first kappa shape index (κ1) is 14.6. The van der Waals surface area contributed by atoms with Crippen molar-refractivity contribution in [3.63, 3.8) is 0 Å². The second kappa shape index (κ2) is 6.55. The standard InChI is InChI=1S/C14H20ClN3S/c1-9(2)3-10(6-16)4-14-17-7-12(18-14)11-5-13(15)19-8-11/h5,7-10H,3-4,6,16H2,1-2H3,(H,17,18). The van der Waals surface area contributed by atoms with Gasteiger partial charge in [-0.05, 0) is 30.9 Å². The number of nitrogens with one attached hydrogen (secondary N) is 1. The van der Waals surface area contributed by atoms with E-state index in [1.54, 1.807) is 0 Å². The molecular weight excluding hydrogens is 278 g/mol. The van der Waals surface area contributed by atoms with Crippen molar-refractivity contribution in [3.05, 3.63) is 27.8 Å². The van der Waals surface area contributed by atoms with Gasteiger partial charge in [0.1, 0.15) is 5.82 Å². The van der Waals surface area contributed by atoms with E-state index in [0.717, 1.165) is 34.3 Å². The van der Waals surface area contributed by atoms with Gasteiger partial charge >= 0.3 is 0 Å². The van der Waals surface area contributed by atoms with Crippen LogP contribution in [0.3, 0.4) is 0 Å². The zero-order valence-corrected chi connectivity index (χ0v) is 12.9. The maximum atomic E-state index is 5.95. The van der Waals surface area contributed by atoms with Crippen molar-refractivity contribution < 1.29 is 0 Å². The molecule has 19 heavy (non-hydrogen) atoms. The van der Waals surface area contributed by atoms with E-state index in [1.807, 2.05) is 17.6 Å². The fraction of sp³-hybridized carbons (Fsp3) is 0.500. The van der Waals surface area contributed by atoms with Crippen molar-refractivity contribution in [1.29, 1.82) is 0 Å². The van der Waals surface area contributed by atoms with Crippen LogP contribution in [0.4, 0.5) is 0 Å². The molecule has 1 unspecified atom stereocenters. The largest absolute Gasteiger partial charge is 0.342 e. The Morgan fingerprint density at radius 2 is 2.26 bits per heavy atom. The SMILES string of the molecule is CC(C)CC(CN)Cc1ncc(-c2csc(Cl)c2)[nH]1. The number of hydrogen-bond acceptors (Lipinski definition) is 3. The maximum Gasteiger partial charge on any atom is 0.106 e. The Hall–Kier alpha value is -0.840. The lowest BCUT2D eigenvalue weighted by Crippen LogP contribution is -2.19. The summed E-state index contributed by atoms with van der Waals surface area (Å²) in [6.07, 6.45) is 3.92. The van der Waals surface area contributed by atoms with Gasteiger partial charge in [-0.1, -0.05) is 25.4 Å². The van der Waals surface area contributed by atoms with Crippen LogP contribution < -0.4 is 5.73 Å². The lowest BCUT2D eigenvalue weighted by Gasteiger charge is -2.15. The summed E-state index contributed by atoms with van der Waals surface area (Å²) >= 11 is 7.48. The van der Waals surface area contributed by atoms with E-state index >= 15 is 0 Å². The average molecular weight is 298 g/mol. The molecule has 2 rings (SSSR count). The van der Waals surface area contributed by atoms with Crippen molar-refractivity contribution in [2.24, 2.45) is 17.6 Å². The summed E-state index contributed by atoms with van der Waals surface area (Å²) in [5, 5.41) is 2.04. The van der Waals surface area contributed by atoms with Gasteiger partial charge in [0.15, 0.2) is 0 Å². The molecule has 2 aromatic rings. The number of thiophene rings is 1. The number of aromatic nitrogens is 2. The van der Waals surface area contributed by atoms with Crippen molar-refractivity contribution in [3.8, 4) is 11.3 Å². The maximum absolute atomic E-state index is 5.95. The molecule has 0 aromatic carbocycles. The third-order valence-corrected chi connectivity index (χ3v) is 4.22. The van der Waals surface area contributed by atoms with Crippen LogP contribution in [0.1, 0.15) is 26.1 Å². The number of rotatable bonds is 6. The number of nitrogens with two attached hydrogens (primary N) is 1. The molecule has 0 spiro atoms. The fourth-order valence-electron chi connectivity index (χ4n) is 2.27. The summed E-state index contributed by atoms with van der Waals surface area (Å²) in [4.78, 5) is 7.81. The highest BCUT2D eigenvalue weighted by atomic mass is 35.5. The van der Waals surface area contributed by atoms with Crippen LogP contribution in [0.5, 0.6) is 0 Å². The van der Waals surface area contributed by atoms with E-state index in [-0.39, 0.29) is 0 Å². The molecule has 0 radical (unpaired) electrons. The zero-order chi connectivity index (χ0) is 13.8. The van der Waals surface area contributed by atoms with E-state index in [0.29, 0.717) is 18.4 Å². The number of imidazole rings is 1. The summed E-state index contributed by atoms with van der Waals surface area (Å²) in [5.41, 5.74) is 7.96. The van der Waals surface area contributed by atoms with Crippen LogP contribution in [0.15, 0.2) is 17.6 Å². The highest BCUT2D eigenvalue weighted by Crippen LogP contribution is 2.27. The Labute approximate surface area is 123 Å². The van der Waals surface area contributed by atoms with Crippen LogP contribution in [0.2, 0.25) is 4.34 Å². The molecule has 3 nitrogen and oxygen atoms in total. The molecule has 3 N–H and O–H groups in total. The summed E-state index contributed by atoms with van der Waals surface area (Å²) in [6, 6.07) is 1.96. The number of hydrogen-bond donors (Lipinski definition) is 2. The zero-order valence-electron chi connectivity index (χ0n) is 11.3. The van der Waals surface area contributed by atoms with E-state index in [2.05, 4.69) is 23.8 Å². The summed E-state index contributed by atoms with van der Waals surface area (Å²) in [6.45, 7) is 5.16.